The summed E-state index contributed by atoms with van der Waals surface area (Å²) in [5.41, 5.74) is 6.28. The van der Waals surface area contributed by atoms with E-state index in [1.165, 1.54) is 0 Å². The molecule has 3 saturated carbocycles. The van der Waals surface area contributed by atoms with Crippen molar-refractivity contribution < 1.29 is 28.2 Å². The van der Waals surface area contributed by atoms with Crippen molar-refractivity contribution in [3.8, 4) is 0 Å². The van der Waals surface area contributed by atoms with Gasteiger partial charge >= 0.3 is 0 Å². The number of rotatable bonds is 6. The zero-order chi connectivity index (χ0) is 30.8. The third-order valence-corrected chi connectivity index (χ3v) is 12.4. The van der Waals surface area contributed by atoms with E-state index in [-0.39, 0.29) is 65.7 Å². The normalized spacial score (nSPS) is 44.3. The first kappa shape index (κ1) is 30.2. The summed E-state index contributed by atoms with van der Waals surface area (Å²) in [6.45, 7) is 5.86. The molecule has 0 spiro atoms. The average molecular weight is 626 g/mol. The van der Waals surface area contributed by atoms with Gasteiger partial charge in [0.25, 0.3) is 5.91 Å². The first-order chi connectivity index (χ1) is 21.9. The minimum absolute atomic E-state index is 0.0185. The van der Waals surface area contributed by atoms with Gasteiger partial charge in [-0.1, -0.05) is 12.2 Å². The molecule has 10 nitrogen and oxygen atoms in total. The van der Waals surface area contributed by atoms with Crippen molar-refractivity contribution in [1.82, 2.24) is 20.0 Å². The monoisotopic (exact) mass is 625 g/mol. The number of alkyl halides is 1. The topological polar surface area (TPSA) is 117 Å². The average Bonchev–Trinajstić information content (AvgIpc) is 3.61. The van der Waals surface area contributed by atoms with E-state index in [1.54, 1.807) is 4.90 Å². The predicted molar refractivity (Wildman–Crippen MR) is 164 cm³/mol. The molecule has 0 aromatic rings. The Morgan fingerprint density at radius 3 is 2.71 bits per heavy atom. The fourth-order valence-electron chi connectivity index (χ4n) is 10.3. The van der Waals surface area contributed by atoms with Crippen LogP contribution in [0.15, 0.2) is 23.9 Å². The van der Waals surface area contributed by atoms with Gasteiger partial charge in [-0.05, 0) is 69.9 Å². The molecule has 4 heterocycles. The number of carbonyl (C=O) groups is 3. The van der Waals surface area contributed by atoms with Crippen LogP contribution in [0.3, 0.4) is 0 Å². The molecule has 45 heavy (non-hydrogen) atoms. The Bertz CT molecular complexity index is 1260. The molecule has 0 aromatic carbocycles. The third kappa shape index (κ3) is 5.21. The number of amides is 1. The van der Waals surface area contributed by atoms with E-state index >= 15 is 4.39 Å². The lowest BCUT2D eigenvalue weighted by Gasteiger charge is -2.60. The first-order valence-corrected chi connectivity index (χ1v) is 17.5. The van der Waals surface area contributed by atoms with Crippen LogP contribution in [0.1, 0.15) is 44.9 Å². The SMILES string of the molecule is N[C@H]1CCN(C(=O)C2=CN3C4CC5C(CC4OC4C(NCCCN6CCOCC6)C(F)CC(C2=O)C43)C(=O)C2C=CCCC25)C1. The molecule has 4 aliphatic heterocycles. The highest BCUT2D eigenvalue weighted by molar-refractivity contribution is 6.20. The second kappa shape index (κ2) is 12.1. The molecule has 8 rings (SSSR count). The highest BCUT2D eigenvalue weighted by Gasteiger charge is 2.62. The van der Waals surface area contributed by atoms with E-state index in [2.05, 4.69) is 27.3 Å². The molecule has 1 amide bonds. The summed E-state index contributed by atoms with van der Waals surface area (Å²) in [6, 6.07) is -1.04. The van der Waals surface area contributed by atoms with Crippen LogP contribution in [-0.4, -0.2) is 127 Å². The second-order valence-electron chi connectivity index (χ2n) is 14.8. The van der Waals surface area contributed by atoms with E-state index < -0.39 is 24.2 Å². The number of carbonyl (C=O) groups excluding carboxylic acids is 3. The van der Waals surface area contributed by atoms with Crippen LogP contribution < -0.4 is 11.1 Å². The number of nitrogens with zero attached hydrogens (tertiary/aromatic N) is 3. The molecule has 8 aliphatic rings. The van der Waals surface area contributed by atoms with Gasteiger partial charge in [0.15, 0.2) is 5.78 Å². The standard InChI is InChI=1S/C34H48FN5O5/c35-26-14-24-30-33(29(26)37-7-3-8-38-10-12-44-13-11-38)45-28-16-23-22(20-4-1-2-5-21(20)31(23)41)15-27(28)40(30)18-25(32(24)42)34(43)39-9-6-19(36)17-39/h2,5,18-24,26-30,33,37H,1,3-4,6-17,36H2/t19-,20?,21?,22?,23?,24?,26?,27?,28?,29?,30?,33?/m0/s1. The Morgan fingerprint density at radius 1 is 1.07 bits per heavy atom. The maximum absolute atomic E-state index is 16.2. The van der Waals surface area contributed by atoms with E-state index in [4.69, 9.17) is 15.2 Å². The molecule has 11 unspecified atom stereocenters. The van der Waals surface area contributed by atoms with Crippen molar-refractivity contribution in [2.45, 2.75) is 87.5 Å². The van der Waals surface area contributed by atoms with Crippen LogP contribution in [-0.2, 0) is 23.9 Å². The minimum atomic E-state index is -1.28. The van der Waals surface area contributed by atoms with Gasteiger partial charge in [0, 0.05) is 56.2 Å². The van der Waals surface area contributed by atoms with Crippen LogP contribution in [0, 0.1) is 29.6 Å². The first-order valence-electron chi connectivity index (χ1n) is 17.5. The van der Waals surface area contributed by atoms with E-state index in [1.807, 2.05) is 6.20 Å². The van der Waals surface area contributed by atoms with E-state index in [9.17, 15) is 14.4 Å². The van der Waals surface area contributed by atoms with E-state index in [0.717, 1.165) is 58.5 Å². The Balaban J connectivity index is 1.08. The number of Topliss-reactive ketones (excluding diaryl/α,β-unsaturated/α-hetero) is 2. The second-order valence-corrected chi connectivity index (χ2v) is 14.8. The zero-order valence-corrected chi connectivity index (χ0v) is 26.1. The molecule has 4 aliphatic carbocycles. The highest BCUT2D eigenvalue weighted by atomic mass is 19.1. The lowest BCUT2D eigenvalue weighted by molar-refractivity contribution is -0.206. The molecular formula is C34H48FN5O5. The van der Waals surface area contributed by atoms with Crippen LogP contribution in [0.25, 0.3) is 0 Å². The summed E-state index contributed by atoms with van der Waals surface area (Å²) in [5, 5.41) is 3.51. The predicted octanol–water partition coefficient (Wildman–Crippen LogP) is 1.05. The summed E-state index contributed by atoms with van der Waals surface area (Å²) in [5.74, 6) is -0.327. The van der Waals surface area contributed by atoms with Gasteiger partial charge in [0.2, 0.25) is 0 Å². The van der Waals surface area contributed by atoms with Crippen molar-refractivity contribution in [3.63, 3.8) is 0 Å². The molecule has 246 valence electrons. The quantitative estimate of drug-likeness (QED) is 0.254. The van der Waals surface area contributed by atoms with Gasteiger partial charge in [0.1, 0.15) is 12.0 Å². The number of nitrogens with two attached hydrogens (primary N) is 1. The number of fused-ring (bicyclic) bond motifs is 5. The Hall–Kier alpha value is -2.18. The van der Waals surface area contributed by atoms with Gasteiger partial charge in [-0.2, -0.15) is 0 Å². The Morgan fingerprint density at radius 2 is 1.91 bits per heavy atom. The van der Waals surface area contributed by atoms with Gasteiger partial charge < -0.3 is 30.3 Å². The molecule has 0 aromatic heterocycles. The summed E-state index contributed by atoms with van der Waals surface area (Å²) in [4.78, 5) is 47.7. The Labute approximate surface area is 264 Å². The Kier molecular flexibility index (Phi) is 8.13. The van der Waals surface area contributed by atoms with Crippen LogP contribution in [0.5, 0.6) is 0 Å². The third-order valence-electron chi connectivity index (χ3n) is 12.4. The number of nitrogens with one attached hydrogen (secondary N) is 1. The molecule has 0 radical (unpaired) electrons. The fraction of sp³-hybridized carbons (Fsp3) is 0.794. The number of ether oxygens (including phenoxy) is 2. The number of allylic oxidation sites excluding steroid dienone is 2. The lowest BCUT2D eigenvalue weighted by Crippen LogP contribution is -2.73. The molecule has 0 bridgehead atoms. The number of hydrogen-bond donors (Lipinski definition) is 2. The smallest absolute Gasteiger partial charge is 0.259 e. The molecule has 11 heteroatoms. The molecule has 12 atom stereocenters. The van der Waals surface area contributed by atoms with Gasteiger partial charge in [-0.15, -0.1) is 0 Å². The minimum Gasteiger partial charge on any atom is -0.379 e. The number of halogens is 1. The van der Waals surface area contributed by atoms with Crippen molar-refractivity contribution in [2.75, 3.05) is 52.5 Å². The summed E-state index contributed by atoms with van der Waals surface area (Å²) < 4.78 is 28.6. The van der Waals surface area contributed by atoms with Gasteiger partial charge in [-0.3, -0.25) is 19.3 Å². The van der Waals surface area contributed by atoms with Gasteiger partial charge in [-0.25, -0.2) is 4.39 Å². The maximum Gasteiger partial charge on any atom is 0.259 e. The molecule has 6 fully saturated rings. The number of hydrogen-bond acceptors (Lipinski definition) is 9. The van der Waals surface area contributed by atoms with Crippen molar-refractivity contribution >= 4 is 17.5 Å². The summed E-state index contributed by atoms with van der Waals surface area (Å²) >= 11 is 0. The number of ketones is 2. The molecule has 3 N–H and O–H groups in total. The molecular weight excluding hydrogens is 577 g/mol. The highest BCUT2D eigenvalue weighted by Crippen LogP contribution is 2.55. The van der Waals surface area contributed by atoms with Crippen LogP contribution >= 0.6 is 0 Å². The zero-order valence-electron chi connectivity index (χ0n) is 26.1. The summed E-state index contributed by atoms with van der Waals surface area (Å²) in [7, 11) is 0. The van der Waals surface area contributed by atoms with Crippen molar-refractivity contribution in [1.29, 1.82) is 0 Å². The number of likely N-dealkylation sites (tertiary alicyclic amines) is 1. The molecule has 3 saturated heterocycles. The maximum atomic E-state index is 16.2. The van der Waals surface area contributed by atoms with Crippen molar-refractivity contribution in [2.24, 2.45) is 35.3 Å². The van der Waals surface area contributed by atoms with Crippen LogP contribution in [0.4, 0.5) is 4.39 Å². The number of morpholine rings is 2. The van der Waals surface area contributed by atoms with Gasteiger partial charge in [0.05, 0.1) is 49.1 Å². The fourth-order valence-corrected chi connectivity index (χ4v) is 10.3. The van der Waals surface area contributed by atoms with Crippen molar-refractivity contribution in [3.05, 3.63) is 23.9 Å². The lowest BCUT2D eigenvalue weighted by atomic mass is 9.66. The van der Waals surface area contributed by atoms with E-state index in [0.29, 0.717) is 44.2 Å². The summed E-state index contributed by atoms with van der Waals surface area (Å²) in [6.07, 6.45) is 9.09. The largest absolute Gasteiger partial charge is 0.379 e. The van der Waals surface area contributed by atoms with Crippen LogP contribution in [0.2, 0.25) is 0 Å².